The first-order chi connectivity index (χ1) is 10.8. The summed E-state index contributed by atoms with van der Waals surface area (Å²) >= 11 is 0. The van der Waals surface area contributed by atoms with E-state index >= 15 is 0 Å². The predicted molar refractivity (Wildman–Crippen MR) is 85.8 cm³/mol. The number of benzene rings is 1. The molecule has 2 amide bonds. The molecular formula is C16H20N4O2. The Bertz CT molecular complexity index is 674. The lowest BCUT2D eigenvalue weighted by Crippen LogP contribution is -2.20. The lowest BCUT2D eigenvalue weighted by molar-refractivity contribution is -0.116. The minimum absolute atomic E-state index is 0.0999. The molecule has 1 aliphatic heterocycles. The van der Waals surface area contributed by atoms with Crippen LogP contribution in [0.25, 0.3) is 10.9 Å². The largest absolute Gasteiger partial charge is 0.358 e. The zero-order chi connectivity index (χ0) is 15.4. The normalized spacial score (nSPS) is 17.5. The zero-order valence-corrected chi connectivity index (χ0v) is 12.3. The van der Waals surface area contributed by atoms with E-state index in [0.29, 0.717) is 19.0 Å². The molecule has 0 spiro atoms. The Balaban J connectivity index is 1.79. The Labute approximate surface area is 128 Å². The van der Waals surface area contributed by atoms with E-state index < -0.39 is 0 Å². The van der Waals surface area contributed by atoms with Gasteiger partial charge >= 0.3 is 0 Å². The van der Waals surface area contributed by atoms with Crippen LogP contribution >= 0.6 is 0 Å². The first-order valence-electron chi connectivity index (χ1n) is 7.57. The number of carbonyl (C=O) groups is 2. The van der Waals surface area contributed by atoms with Gasteiger partial charge < -0.3 is 20.5 Å². The molecule has 2 heterocycles. The first kappa shape index (κ1) is 14.6. The van der Waals surface area contributed by atoms with Gasteiger partial charge in [0.25, 0.3) is 0 Å². The number of hydrogen-bond acceptors (Lipinski definition) is 3. The summed E-state index contributed by atoms with van der Waals surface area (Å²) in [6.07, 6.45) is 4.08. The van der Waals surface area contributed by atoms with Crippen LogP contribution in [0.1, 0.15) is 18.9 Å². The molecule has 1 fully saturated rings. The van der Waals surface area contributed by atoms with Gasteiger partial charge in [-0.1, -0.05) is 6.07 Å². The zero-order valence-electron chi connectivity index (χ0n) is 12.3. The van der Waals surface area contributed by atoms with Crippen molar-refractivity contribution in [2.75, 3.05) is 25.0 Å². The summed E-state index contributed by atoms with van der Waals surface area (Å²) in [5.74, 6) is -0.0999. The van der Waals surface area contributed by atoms with Gasteiger partial charge in [0.15, 0.2) is 0 Å². The molecule has 1 aromatic carbocycles. The number of anilines is 1. The molecule has 0 saturated carbocycles. The smallest absolute Gasteiger partial charge is 0.226 e. The van der Waals surface area contributed by atoms with Crippen LogP contribution in [0.15, 0.2) is 30.5 Å². The van der Waals surface area contributed by atoms with Gasteiger partial charge in [-0.2, -0.15) is 0 Å². The molecule has 1 saturated heterocycles. The van der Waals surface area contributed by atoms with Gasteiger partial charge in [-0.05, 0) is 31.2 Å². The third kappa shape index (κ3) is 2.96. The van der Waals surface area contributed by atoms with Crippen LogP contribution in [0, 0.1) is 0 Å². The topological polar surface area (TPSA) is 75.2 Å². The molecule has 0 bridgehead atoms. The molecule has 1 unspecified atom stereocenters. The number of fused-ring (bicyclic) bond motifs is 1. The van der Waals surface area contributed by atoms with Crippen LogP contribution in [0.3, 0.4) is 0 Å². The molecule has 1 aliphatic rings. The van der Waals surface area contributed by atoms with Gasteiger partial charge in [0.05, 0.1) is 11.2 Å². The van der Waals surface area contributed by atoms with Crippen LogP contribution in [-0.2, 0) is 9.59 Å². The first-order valence-corrected chi connectivity index (χ1v) is 7.57. The highest BCUT2D eigenvalue weighted by Gasteiger charge is 2.18. The summed E-state index contributed by atoms with van der Waals surface area (Å²) in [6.45, 7) is 2.38. The number of nitrogens with zero attached hydrogens (tertiary/aromatic N) is 1. The van der Waals surface area contributed by atoms with E-state index in [-0.39, 0.29) is 12.3 Å². The van der Waals surface area contributed by atoms with Crippen molar-refractivity contribution in [2.24, 2.45) is 0 Å². The number of nitrogens with one attached hydrogen (secondary N) is 3. The fourth-order valence-electron chi connectivity index (χ4n) is 2.95. The maximum Gasteiger partial charge on any atom is 0.226 e. The van der Waals surface area contributed by atoms with Crippen LogP contribution in [0.4, 0.5) is 5.69 Å². The highest BCUT2D eigenvalue weighted by Crippen LogP contribution is 2.28. The van der Waals surface area contributed by atoms with E-state index in [0.717, 1.165) is 36.1 Å². The number of carbonyl (C=O) groups excluding carboxylic acids is 2. The molecular weight excluding hydrogens is 280 g/mol. The molecule has 0 radical (unpaired) electrons. The van der Waals surface area contributed by atoms with Crippen molar-refractivity contribution < 1.29 is 9.59 Å². The molecule has 6 nitrogen and oxygen atoms in total. The van der Waals surface area contributed by atoms with Crippen molar-refractivity contribution in [1.82, 2.24) is 15.2 Å². The monoisotopic (exact) mass is 300 g/mol. The fourth-order valence-corrected chi connectivity index (χ4v) is 2.95. The second-order valence-corrected chi connectivity index (χ2v) is 5.48. The van der Waals surface area contributed by atoms with Crippen molar-refractivity contribution in [1.29, 1.82) is 0 Å². The number of hydrogen-bond donors (Lipinski definition) is 3. The van der Waals surface area contributed by atoms with E-state index in [4.69, 9.17) is 0 Å². The van der Waals surface area contributed by atoms with Crippen LogP contribution in [0.2, 0.25) is 0 Å². The highest BCUT2D eigenvalue weighted by atomic mass is 16.1. The van der Waals surface area contributed by atoms with Crippen molar-refractivity contribution in [2.45, 2.75) is 18.9 Å². The van der Waals surface area contributed by atoms with Crippen molar-refractivity contribution in [3.05, 3.63) is 30.5 Å². The van der Waals surface area contributed by atoms with Gasteiger partial charge in [-0.3, -0.25) is 9.59 Å². The molecule has 3 N–H and O–H groups in total. The molecule has 1 atom stereocenters. The molecule has 6 heteroatoms. The fraction of sp³-hybridized carbons (Fsp3) is 0.375. The molecule has 22 heavy (non-hydrogen) atoms. The van der Waals surface area contributed by atoms with E-state index in [2.05, 4.69) is 32.8 Å². The van der Waals surface area contributed by atoms with E-state index in [1.54, 1.807) is 0 Å². The number of aromatic nitrogens is 1. The summed E-state index contributed by atoms with van der Waals surface area (Å²) < 4.78 is 2.28. The summed E-state index contributed by atoms with van der Waals surface area (Å²) in [5.41, 5.74) is 1.95. The molecule has 3 rings (SSSR count). The Morgan fingerprint density at radius 3 is 3.09 bits per heavy atom. The average Bonchev–Trinajstić information content (AvgIpc) is 3.16. The third-order valence-electron chi connectivity index (χ3n) is 4.04. The SMILES string of the molecule is O=CNCCC(=O)Nc1cccc2c1ccn2C1CCNC1. The second-order valence-electron chi connectivity index (χ2n) is 5.48. The Morgan fingerprint density at radius 1 is 1.41 bits per heavy atom. The van der Waals surface area contributed by atoms with Gasteiger partial charge in [-0.25, -0.2) is 0 Å². The molecule has 0 aliphatic carbocycles. The maximum atomic E-state index is 11.9. The van der Waals surface area contributed by atoms with Crippen LogP contribution in [0.5, 0.6) is 0 Å². The Morgan fingerprint density at radius 2 is 2.32 bits per heavy atom. The van der Waals surface area contributed by atoms with Crippen LogP contribution in [-0.4, -0.2) is 36.5 Å². The van der Waals surface area contributed by atoms with Gasteiger partial charge in [0.2, 0.25) is 12.3 Å². The average molecular weight is 300 g/mol. The molecule has 116 valence electrons. The van der Waals surface area contributed by atoms with Crippen molar-refractivity contribution in [3.8, 4) is 0 Å². The highest BCUT2D eigenvalue weighted by molar-refractivity contribution is 6.01. The van der Waals surface area contributed by atoms with Crippen molar-refractivity contribution >= 4 is 28.9 Å². The van der Waals surface area contributed by atoms with E-state index in [1.807, 2.05) is 18.2 Å². The minimum atomic E-state index is -0.0999. The summed E-state index contributed by atoms with van der Waals surface area (Å²) in [5, 5.41) is 9.84. The standard InChI is InChI=1S/C16H20N4O2/c21-11-18-8-5-16(22)19-14-2-1-3-15-13(14)6-9-20(15)12-4-7-17-10-12/h1-3,6,9,11-12,17H,4-5,7-8,10H2,(H,18,21)(H,19,22). The molecule has 2 aromatic rings. The maximum absolute atomic E-state index is 11.9. The molecule has 1 aromatic heterocycles. The lowest BCUT2D eigenvalue weighted by atomic mass is 10.2. The second kappa shape index (κ2) is 6.62. The third-order valence-corrected chi connectivity index (χ3v) is 4.04. The van der Waals surface area contributed by atoms with Gasteiger partial charge in [0.1, 0.15) is 0 Å². The number of amides is 2. The number of rotatable bonds is 6. The minimum Gasteiger partial charge on any atom is -0.358 e. The van der Waals surface area contributed by atoms with Crippen LogP contribution < -0.4 is 16.0 Å². The summed E-state index contributed by atoms with van der Waals surface area (Å²) in [4.78, 5) is 22.1. The summed E-state index contributed by atoms with van der Waals surface area (Å²) in [6, 6.07) is 8.47. The quantitative estimate of drug-likeness (QED) is 0.555. The van der Waals surface area contributed by atoms with E-state index in [9.17, 15) is 9.59 Å². The van der Waals surface area contributed by atoms with Crippen molar-refractivity contribution in [3.63, 3.8) is 0 Å². The Kier molecular flexibility index (Phi) is 4.39. The van der Waals surface area contributed by atoms with E-state index in [1.165, 1.54) is 0 Å². The lowest BCUT2D eigenvalue weighted by Gasteiger charge is -2.13. The summed E-state index contributed by atoms with van der Waals surface area (Å²) in [7, 11) is 0. The van der Waals surface area contributed by atoms with Gasteiger partial charge in [-0.15, -0.1) is 0 Å². The van der Waals surface area contributed by atoms with Gasteiger partial charge in [0, 0.05) is 37.1 Å². The predicted octanol–water partition coefficient (Wildman–Crippen LogP) is 1.25. The Hall–Kier alpha value is -2.34.